The van der Waals surface area contributed by atoms with E-state index in [1.165, 1.54) is 12.3 Å². The number of hydrogen-bond acceptors (Lipinski definition) is 5. The fraction of sp³-hybridized carbons (Fsp3) is 0.238. The smallest absolute Gasteiger partial charge is 0.321 e. The van der Waals surface area contributed by atoms with Crippen LogP contribution in [0.5, 0.6) is 0 Å². The number of anilines is 2. The second-order valence-corrected chi connectivity index (χ2v) is 7.61. The molecule has 0 spiro atoms. The van der Waals surface area contributed by atoms with Crippen molar-refractivity contribution in [3.05, 3.63) is 77.0 Å². The summed E-state index contributed by atoms with van der Waals surface area (Å²) in [6.07, 6.45) is 1.40. The molecule has 2 aromatic heterocycles. The molecule has 2 heterocycles. The molecule has 0 unspecified atom stereocenters. The molecule has 150 valence electrons. The molecule has 0 aliphatic heterocycles. The van der Waals surface area contributed by atoms with Gasteiger partial charge in [-0.25, -0.2) is 0 Å². The van der Waals surface area contributed by atoms with E-state index in [9.17, 15) is 14.8 Å². The number of carbonyl (C=O) groups excluding carboxylic acids is 2. The van der Waals surface area contributed by atoms with Crippen molar-refractivity contribution < 1.29 is 18.8 Å². The largest absolute Gasteiger partial charge is 0.618 e. The van der Waals surface area contributed by atoms with Crippen LogP contribution in [-0.4, -0.2) is 17.0 Å². The first-order chi connectivity index (χ1) is 13.7. The molecular weight excluding hydrogens is 372 g/mol. The highest BCUT2D eigenvalue weighted by molar-refractivity contribution is 6.01. The van der Waals surface area contributed by atoms with Gasteiger partial charge in [-0.2, -0.15) is 4.73 Å². The lowest BCUT2D eigenvalue weighted by Gasteiger charge is -2.12. The molecule has 0 saturated carbocycles. The second-order valence-electron chi connectivity index (χ2n) is 7.61. The number of carbonyl (C=O) groups is 2. The molecule has 3 rings (SSSR count). The van der Waals surface area contributed by atoms with Gasteiger partial charge in [0, 0.05) is 29.3 Å². The Bertz CT molecular complexity index is 1020. The molecule has 29 heavy (non-hydrogen) atoms. The fourth-order valence-electron chi connectivity index (χ4n) is 2.57. The lowest BCUT2D eigenvalue weighted by molar-refractivity contribution is -0.607. The maximum absolute atomic E-state index is 12.2. The van der Waals surface area contributed by atoms with Crippen molar-refractivity contribution in [3.63, 3.8) is 0 Å². The monoisotopic (exact) mass is 394 g/mol. The molecule has 2 amide bonds. The van der Waals surface area contributed by atoms with Crippen LogP contribution in [0.15, 0.2) is 59.3 Å². The van der Waals surface area contributed by atoms with Crippen molar-refractivity contribution in [3.8, 4) is 0 Å². The molecular formula is C21H22N4O4. The van der Waals surface area contributed by atoms with Gasteiger partial charge >= 0.3 is 5.91 Å². The van der Waals surface area contributed by atoms with Crippen LogP contribution in [0.2, 0.25) is 0 Å². The quantitative estimate of drug-likeness (QED) is 0.510. The van der Waals surface area contributed by atoms with Crippen LogP contribution < -0.4 is 15.4 Å². The Balaban J connectivity index is 1.57. The summed E-state index contributed by atoms with van der Waals surface area (Å²) in [7, 11) is 0. The van der Waals surface area contributed by atoms with E-state index in [-0.39, 0.29) is 23.4 Å². The van der Waals surface area contributed by atoms with Gasteiger partial charge in [-0.1, -0.05) is 38.1 Å². The maximum Gasteiger partial charge on any atom is 0.321 e. The summed E-state index contributed by atoms with van der Waals surface area (Å²) in [6, 6.07) is 13.1. The predicted molar refractivity (Wildman–Crippen MR) is 107 cm³/mol. The first-order valence-corrected chi connectivity index (χ1v) is 9.08. The summed E-state index contributed by atoms with van der Waals surface area (Å²) in [6.45, 7) is 5.98. The molecule has 0 radical (unpaired) electrons. The zero-order chi connectivity index (χ0) is 21.0. The van der Waals surface area contributed by atoms with E-state index in [1.807, 2.05) is 20.8 Å². The van der Waals surface area contributed by atoms with E-state index < -0.39 is 5.91 Å². The van der Waals surface area contributed by atoms with Crippen LogP contribution >= 0.6 is 0 Å². The first-order valence-electron chi connectivity index (χ1n) is 9.08. The van der Waals surface area contributed by atoms with Gasteiger partial charge in [-0.3, -0.25) is 9.59 Å². The molecule has 0 aliphatic rings. The van der Waals surface area contributed by atoms with Gasteiger partial charge in [0.1, 0.15) is 5.76 Å². The van der Waals surface area contributed by atoms with E-state index in [4.69, 9.17) is 4.52 Å². The SMILES string of the molecule is CC(C)(C)c1cc(NC(=O)Cc2ccc(NC(=O)c3cccc[n+]3[O-])cc2)no1. The van der Waals surface area contributed by atoms with Crippen LogP contribution in [-0.2, 0) is 16.6 Å². The number of amides is 2. The Kier molecular flexibility index (Phi) is 5.63. The van der Waals surface area contributed by atoms with Crippen LogP contribution in [0, 0.1) is 5.21 Å². The summed E-state index contributed by atoms with van der Waals surface area (Å²) in [4.78, 5) is 24.4. The number of nitrogens with zero attached hydrogens (tertiary/aromatic N) is 2. The minimum Gasteiger partial charge on any atom is -0.618 e. The molecule has 0 fully saturated rings. The minimum absolute atomic E-state index is 0.00167. The average Bonchev–Trinajstić information content (AvgIpc) is 3.12. The number of benzene rings is 1. The Labute approximate surface area is 168 Å². The van der Waals surface area contributed by atoms with Gasteiger partial charge in [0.05, 0.1) is 6.42 Å². The zero-order valence-electron chi connectivity index (χ0n) is 16.4. The molecule has 8 nitrogen and oxygen atoms in total. The van der Waals surface area contributed by atoms with Gasteiger partial charge in [-0.15, -0.1) is 0 Å². The molecule has 0 bridgehead atoms. The normalized spacial score (nSPS) is 11.1. The summed E-state index contributed by atoms with van der Waals surface area (Å²) in [5.41, 5.74) is 1.09. The minimum atomic E-state index is -0.508. The maximum atomic E-state index is 12.2. The van der Waals surface area contributed by atoms with Crippen molar-refractivity contribution in [1.29, 1.82) is 0 Å². The van der Waals surface area contributed by atoms with Gasteiger partial charge in [0.15, 0.2) is 12.0 Å². The number of nitrogens with one attached hydrogen (secondary N) is 2. The molecule has 8 heteroatoms. The second kappa shape index (κ2) is 8.14. The van der Waals surface area contributed by atoms with E-state index >= 15 is 0 Å². The van der Waals surface area contributed by atoms with Crippen molar-refractivity contribution in [1.82, 2.24) is 5.16 Å². The first kappa shape index (κ1) is 20.1. The van der Waals surface area contributed by atoms with Crippen molar-refractivity contribution >= 4 is 23.3 Å². The Hall–Kier alpha value is -3.68. The zero-order valence-corrected chi connectivity index (χ0v) is 16.4. The third-order valence-corrected chi connectivity index (χ3v) is 4.15. The average molecular weight is 394 g/mol. The number of rotatable bonds is 5. The standard InChI is InChI=1S/C21H22N4O4/c1-21(2,3)17-13-18(24-29-17)23-19(26)12-14-7-9-15(10-8-14)22-20(27)16-6-4-5-11-25(16)28/h4-11,13H,12H2,1-3H3,(H,22,27)(H,23,24,26). The molecule has 3 aromatic rings. The Morgan fingerprint density at radius 1 is 1.10 bits per heavy atom. The predicted octanol–water partition coefficient (Wildman–Crippen LogP) is 3.04. The fourth-order valence-corrected chi connectivity index (χ4v) is 2.57. The topological polar surface area (TPSA) is 111 Å². The third-order valence-electron chi connectivity index (χ3n) is 4.15. The van der Waals surface area contributed by atoms with Crippen LogP contribution in [0.3, 0.4) is 0 Å². The Morgan fingerprint density at radius 2 is 1.83 bits per heavy atom. The van der Waals surface area contributed by atoms with Crippen LogP contribution in [0.25, 0.3) is 0 Å². The van der Waals surface area contributed by atoms with E-state index in [0.29, 0.717) is 22.0 Å². The van der Waals surface area contributed by atoms with E-state index in [2.05, 4.69) is 15.8 Å². The van der Waals surface area contributed by atoms with E-state index in [1.54, 1.807) is 42.5 Å². The van der Waals surface area contributed by atoms with Crippen molar-refractivity contribution in [2.45, 2.75) is 32.6 Å². The third kappa shape index (κ3) is 5.19. The van der Waals surface area contributed by atoms with Crippen LogP contribution in [0.1, 0.15) is 42.6 Å². The van der Waals surface area contributed by atoms with Crippen molar-refractivity contribution in [2.24, 2.45) is 0 Å². The van der Waals surface area contributed by atoms with Gasteiger partial charge in [-0.05, 0) is 23.8 Å². The van der Waals surface area contributed by atoms with Crippen LogP contribution in [0.4, 0.5) is 11.5 Å². The summed E-state index contributed by atoms with van der Waals surface area (Å²) >= 11 is 0. The lowest BCUT2D eigenvalue weighted by Crippen LogP contribution is -2.36. The molecule has 1 aromatic carbocycles. The number of pyridine rings is 1. The van der Waals surface area contributed by atoms with Gasteiger partial charge in [0.2, 0.25) is 5.91 Å². The molecule has 0 atom stereocenters. The summed E-state index contributed by atoms with van der Waals surface area (Å²) in [5, 5.41) is 20.9. The van der Waals surface area contributed by atoms with Crippen molar-refractivity contribution in [2.75, 3.05) is 10.6 Å². The summed E-state index contributed by atoms with van der Waals surface area (Å²) in [5.74, 6) is 0.322. The number of hydrogen-bond donors (Lipinski definition) is 2. The molecule has 0 aliphatic carbocycles. The Morgan fingerprint density at radius 3 is 2.45 bits per heavy atom. The van der Waals surface area contributed by atoms with E-state index in [0.717, 1.165) is 5.56 Å². The molecule has 0 saturated heterocycles. The number of aromatic nitrogens is 2. The molecule has 2 N–H and O–H groups in total. The highest BCUT2D eigenvalue weighted by atomic mass is 16.5. The summed E-state index contributed by atoms with van der Waals surface area (Å²) < 4.78 is 5.75. The van der Waals surface area contributed by atoms with Gasteiger partial charge < -0.3 is 20.4 Å². The highest BCUT2D eigenvalue weighted by Crippen LogP contribution is 2.24. The lowest BCUT2D eigenvalue weighted by atomic mass is 9.93. The van der Waals surface area contributed by atoms with Gasteiger partial charge in [0.25, 0.3) is 5.69 Å². The highest BCUT2D eigenvalue weighted by Gasteiger charge is 2.20.